The highest BCUT2D eigenvalue weighted by molar-refractivity contribution is 5.81. The molecule has 0 rings (SSSR count). The molecular formula is C10H22N2O2. The average Bonchev–Trinajstić information content (AvgIpc) is 2.16. The van der Waals surface area contributed by atoms with Gasteiger partial charge in [-0.25, -0.2) is 0 Å². The van der Waals surface area contributed by atoms with Crippen LogP contribution < -0.4 is 5.32 Å². The number of amides is 1. The largest absolute Gasteiger partial charge is 0.383 e. The van der Waals surface area contributed by atoms with Gasteiger partial charge in [-0.1, -0.05) is 0 Å². The van der Waals surface area contributed by atoms with Gasteiger partial charge in [0.05, 0.1) is 12.6 Å². The van der Waals surface area contributed by atoms with Gasteiger partial charge in [0.2, 0.25) is 5.91 Å². The van der Waals surface area contributed by atoms with E-state index in [1.807, 2.05) is 25.7 Å². The highest BCUT2D eigenvalue weighted by atomic mass is 16.5. The normalized spacial score (nSPS) is 13.0. The monoisotopic (exact) mass is 202 g/mol. The first-order valence-corrected chi connectivity index (χ1v) is 5.01. The van der Waals surface area contributed by atoms with Crippen LogP contribution in [0.15, 0.2) is 0 Å². The molecule has 0 spiro atoms. The first-order chi connectivity index (χ1) is 6.54. The van der Waals surface area contributed by atoms with E-state index < -0.39 is 0 Å². The summed E-state index contributed by atoms with van der Waals surface area (Å²) in [4.78, 5) is 13.7. The summed E-state index contributed by atoms with van der Waals surface area (Å²) in [6.07, 6.45) is 0. The Labute approximate surface area is 86.6 Å². The van der Waals surface area contributed by atoms with Crippen molar-refractivity contribution in [3.05, 3.63) is 0 Å². The number of hydrogen-bond donors (Lipinski definition) is 1. The average molecular weight is 202 g/mol. The maximum atomic E-state index is 11.8. The molecule has 14 heavy (non-hydrogen) atoms. The molecule has 1 unspecified atom stereocenters. The van der Waals surface area contributed by atoms with Gasteiger partial charge in [0.25, 0.3) is 0 Å². The van der Waals surface area contributed by atoms with Crippen LogP contribution in [0, 0.1) is 0 Å². The van der Waals surface area contributed by atoms with Crippen molar-refractivity contribution < 1.29 is 9.53 Å². The molecule has 0 aromatic heterocycles. The third-order valence-electron chi connectivity index (χ3n) is 2.25. The van der Waals surface area contributed by atoms with Gasteiger partial charge < -0.3 is 15.0 Å². The summed E-state index contributed by atoms with van der Waals surface area (Å²) in [7, 11) is 3.43. The van der Waals surface area contributed by atoms with Crippen molar-refractivity contribution in [2.45, 2.75) is 32.9 Å². The van der Waals surface area contributed by atoms with Crippen LogP contribution in [0.1, 0.15) is 20.8 Å². The molecular weight excluding hydrogens is 180 g/mol. The molecule has 0 aromatic carbocycles. The maximum absolute atomic E-state index is 11.8. The second-order valence-corrected chi connectivity index (χ2v) is 3.63. The lowest BCUT2D eigenvalue weighted by Crippen LogP contribution is -2.47. The Balaban J connectivity index is 4.25. The van der Waals surface area contributed by atoms with Crippen LogP contribution in [0.4, 0.5) is 0 Å². The number of likely N-dealkylation sites (N-methyl/N-ethyl adjacent to an activating group) is 1. The number of nitrogens with one attached hydrogen (secondary N) is 1. The van der Waals surface area contributed by atoms with Crippen molar-refractivity contribution in [2.75, 3.05) is 27.3 Å². The summed E-state index contributed by atoms with van der Waals surface area (Å²) in [5, 5.41) is 2.94. The molecule has 0 fully saturated rings. The number of methoxy groups -OCH3 is 1. The maximum Gasteiger partial charge on any atom is 0.239 e. The highest BCUT2D eigenvalue weighted by Crippen LogP contribution is 2.01. The van der Waals surface area contributed by atoms with E-state index in [4.69, 9.17) is 4.74 Å². The lowest BCUT2D eigenvalue weighted by Gasteiger charge is -2.29. The number of carbonyl (C=O) groups is 1. The van der Waals surface area contributed by atoms with Crippen LogP contribution in [0.2, 0.25) is 0 Å². The first-order valence-electron chi connectivity index (χ1n) is 5.01. The van der Waals surface area contributed by atoms with Crippen molar-refractivity contribution >= 4 is 5.91 Å². The molecule has 0 bridgehead atoms. The summed E-state index contributed by atoms with van der Waals surface area (Å²) in [5.74, 6) is 0.125. The minimum Gasteiger partial charge on any atom is -0.383 e. The highest BCUT2D eigenvalue weighted by Gasteiger charge is 2.20. The Morgan fingerprint density at radius 1 is 1.43 bits per heavy atom. The van der Waals surface area contributed by atoms with Crippen LogP contribution in [0.25, 0.3) is 0 Å². The van der Waals surface area contributed by atoms with Crippen molar-refractivity contribution in [3.63, 3.8) is 0 Å². The molecule has 1 atom stereocenters. The van der Waals surface area contributed by atoms with Gasteiger partial charge in [-0.2, -0.15) is 0 Å². The fraction of sp³-hybridized carbons (Fsp3) is 0.900. The predicted molar refractivity (Wildman–Crippen MR) is 57.2 cm³/mol. The summed E-state index contributed by atoms with van der Waals surface area (Å²) >= 11 is 0. The predicted octanol–water partition coefficient (Wildman–Crippen LogP) is 0.478. The topological polar surface area (TPSA) is 41.6 Å². The van der Waals surface area contributed by atoms with Crippen molar-refractivity contribution in [2.24, 2.45) is 0 Å². The molecule has 0 aliphatic heterocycles. The van der Waals surface area contributed by atoms with E-state index in [2.05, 4.69) is 5.32 Å². The minimum atomic E-state index is -0.130. The van der Waals surface area contributed by atoms with Crippen molar-refractivity contribution in [1.29, 1.82) is 0 Å². The molecule has 4 heteroatoms. The molecule has 0 saturated heterocycles. The van der Waals surface area contributed by atoms with Gasteiger partial charge in [0, 0.05) is 19.7 Å². The number of carbonyl (C=O) groups excluding carboxylic acids is 1. The molecule has 1 amide bonds. The Morgan fingerprint density at radius 3 is 2.36 bits per heavy atom. The van der Waals surface area contributed by atoms with Gasteiger partial charge in [0.1, 0.15) is 0 Å². The molecule has 4 nitrogen and oxygen atoms in total. The van der Waals surface area contributed by atoms with Gasteiger partial charge in [-0.3, -0.25) is 4.79 Å². The standard InChI is InChI=1S/C10H22N2O2/c1-8(2)12(6-7-14-5)10(13)9(3)11-4/h8-9,11H,6-7H2,1-5H3. The quantitative estimate of drug-likeness (QED) is 0.681. The summed E-state index contributed by atoms with van der Waals surface area (Å²) < 4.78 is 4.97. The van der Waals surface area contributed by atoms with E-state index in [1.54, 1.807) is 14.2 Å². The molecule has 0 radical (unpaired) electrons. The molecule has 0 aromatic rings. The Hall–Kier alpha value is -0.610. The Morgan fingerprint density at radius 2 is 2.00 bits per heavy atom. The minimum absolute atomic E-state index is 0.125. The van der Waals surface area contributed by atoms with Crippen LogP contribution in [-0.2, 0) is 9.53 Å². The number of rotatable bonds is 6. The third-order valence-corrected chi connectivity index (χ3v) is 2.25. The Kier molecular flexibility index (Phi) is 6.49. The van der Waals surface area contributed by atoms with E-state index in [9.17, 15) is 4.79 Å². The number of nitrogens with zero attached hydrogens (tertiary/aromatic N) is 1. The van der Waals surface area contributed by atoms with Crippen LogP contribution in [0.3, 0.4) is 0 Å². The molecule has 0 aliphatic rings. The summed E-state index contributed by atoms with van der Waals surface area (Å²) in [6, 6.07) is 0.0858. The lowest BCUT2D eigenvalue weighted by atomic mass is 10.2. The Bertz CT molecular complexity index is 172. The van der Waals surface area contributed by atoms with Gasteiger partial charge >= 0.3 is 0 Å². The second-order valence-electron chi connectivity index (χ2n) is 3.63. The zero-order valence-corrected chi connectivity index (χ0v) is 9.83. The number of hydrogen-bond acceptors (Lipinski definition) is 3. The molecule has 0 aliphatic carbocycles. The zero-order chi connectivity index (χ0) is 11.1. The van der Waals surface area contributed by atoms with Gasteiger partial charge in [-0.05, 0) is 27.8 Å². The third kappa shape index (κ3) is 4.07. The van der Waals surface area contributed by atoms with Gasteiger partial charge in [-0.15, -0.1) is 0 Å². The molecule has 0 saturated carbocycles. The molecule has 84 valence electrons. The van der Waals surface area contributed by atoms with E-state index in [1.165, 1.54) is 0 Å². The zero-order valence-electron chi connectivity index (χ0n) is 9.83. The SMILES string of the molecule is CNC(C)C(=O)N(CCOC)C(C)C. The fourth-order valence-electron chi connectivity index (χ4n) is 1.18. The second kappa shape index (κ2) is 6.79. The summed E-state index contributed by atoms with van der Waals surface area (Å²) in [6.45, 7) is 7.12. The van der Waals surface area contributed by atoms with E-state index in [0.29, 0.717) is 13.2 Å². The fourth-order valence-corrected chi connectivity index (χ4v) is 1.18. The summed E-state index contributed by atoms with van der Waals surface area (Å²) in [5.41, 5.74) is 0. The first kappa shape index (κ1) is 13.4. The van der Waals surface area contributed by atoms with E-state index in [-0.39, 0.29) is 18.0 Å². The van der Waals surface area contributed by atoms with Crippen molar-refractivity contribution in [3.8, 4) is 0 Å². The lowest BCUT2D eigenvalue weighted by molar-refractivity contribution is -0.135. The van der Waals surface area contributed by atoms with Crippen molar-refractivity contribution in [1.82, 2.24) is 10.2 Å². The van der Waals surface area contributed by atoms with Crippen LogP contribution in [0.5, 0.6) is 0 Å². The van der Waals surface area contributed by atoms with Gasteiger partial charge in [0.15, 0.2) is 0 Å². The van der Waals surface area contributed by atoms with E-state index >= 15 is 0 Å². The smallest absolute Gasteiger partial charge is 0.239 e. The molecule has 1 N–H and O–H groups in total. The van der Waals surface area contributed by atoms with E-state index in [0.717, 1.165) is 0 Å². The molecule has 0 heterocycles. The number of ether oxygens (including phenoxy) is 1. The van der Waals surface area contributed by atoms with Crippen LogP contribution >= 0.6 is 0 Å². The van der Waals surface area contributed by atoms with Crippen LogP contribution in [-0.4, -0.2) is 50.2 Å².